The number of aromatic nitrogens is 2. The molecule has 1 fully saturated rings. The van der Waals surface area contributed by atoms with Crippen LogP contribution in [0.15, 0.2) is 22.6 Å². The molecule has 0 atom stereocenters. The molecule has 2 aromatic rings. The number of benzene rings is 1. The molecule has 0 unspecified atom stereocenters. The van der Waals surface area contributed by atoms with Crippen LogP contribution in [0, 0.1) is 12.7 Å². The van der Waals surface area contributed by atoms with Gasteiger partial charge in [-0.2, -0.15) is 0 Å². The van der Waals surface area contributed by atoms with Crippen LogP contribution in [0.1, 0.15) is 12.0 Å². The van der Waals surface area contributed by atoms with Crippen molar-refractivity contribution in [3.05, 3.63) is 29.6 Å². The second-order valence-electron chi connectivity index (χ2n) is 4.96. The molecule has 1 aliphatic heterocycles. The molecule has 2 heterocycles. The van der Waals surface area contributed by atoms with Gasteiger partial charge in [0.05, 0.1) is 6.54 Å². The maximum atomic E-state index is 13.5. The minimum absolute atomic E-state index is 0.00220. The molecule has 1 aromatic heterocycles. The summed E-state index contributed by atoms with van der Waals surface area (Å²) in [5.74, 6) is -0.108. The minimum Gasteiger partial charge on any atom is -0.403 e. The van der Waals surface area contributed by atoms with Gasteiger partial charge in [0, 0.05) is 18.7 Å². The summed E-state index contributed by atoms with van der Waals surface area (Å²) in [7, 11) is 0. The molecule has 21 heavy (non-hydrogen) atoms. The number of anilines is 1. The Morgan fingerprint density at radius 2 is 2.24 bits per heavy atom. The van der Waals surface area contributed by atoms with Gasteiger partial charge >= 0.3 is 6.01 Å². The molecular weight excluding hydrogens is 275 g/mol. The van der Waals surface area contributed by atoms with E-state index in [1.165, 1.54) is 6.07 Å². The number of aryl methyl sites for hydroxylation is 1. The van der Waals surface area contributed by atoms with E-state index in [-0.39, 0.29) is 30.2 Å². The fourth-order valence-corrected chi connectivity index (χ4v) is 1.97. The molecule has 0 aliphatic carbocycles. The Morgan fingerprint density at radius 3 is 2.90 bits per heavy atom. The van der Waals surface area contributed by atoms with Crippen LogP contribution in [-0.2, 0) is 4.79 Å². The molecule has 0 spiro atoms. The molecule has 1 amide bonds. The lowest BCUT2D eigenvalue weighted by atomic mass is 10.1. The lowest BCUT2D eigenvalue weighted by Gasteiger charge is -2.30. The third-order valence-corrected chi connectivity index (χ3v) is 3.44. The summed E-state index contributed by atoms with van der Waals surface area (Å²) in [6.45, 7) is 3.40. The topological polar surface area (TPSA) is 71.3 Å². The van der Waals surface area contributed by atoms with Crippen molar-refractivity contribution in [3.63, 3.8) is 0 Å². The van der Waals surface area contributed by atoms with Crippen molar-refractivity contribution in [2.45, 2.75) is 13.3 Å². The lowest BCUT2D eigenvalue weighted by molar-refractivity contribution is -0.132. The number of rotatable bonds is 4. The molecule has 3 rings (SSSR count). The molecule has 1 aromatic carbocycles. The molecule has 6 nitrogen and oxygen atoms in total. The second kappa shape index (κ2) is 5.51. The molecule has 0 radical (unpaired) electrons. The quantitative estimate of drug-likeness (QED) is 0.930. The molecule has 0 bridgehead atoms. The minimum atomic E-state index is -0.326. The highest BCUT2D eigenvalue weighted by atomic mass is 19.1. The predicted octanol–water partition coefficient (Wildman–Crippen LogP) is 1.83. The zero-order chi connectivity index (χ0) is 14.8. The fourth-order valence-electron chi connectivity index (χ4n) is 1.97. The number of hydrogen-bond acceptors (Lipinski definition) is 5. The van der Waals surface area contributed by atoms with E-state index in [0.29, 0.717) is 11.1 Å². The van der Waals surface area contributed by atoms with Crippen molar-refractivity contribution in [3.8, 4) is 11.5 Å². The van der Waals surface area contributed by atoms with Crippen molar-refractivity contribution in [2.24, 2.45) is 0 Å². The van der Waals surface area contributed by atoms with Gasteiger partial charge in [-0.1, -0.05) is 11.2 Å². The maximum Gasteiger partial charge on any atom is 0.316 e. The van der Waals surface area contributed by atoms with Crippen LogP contribution in [-0.4, -0.2) is 40.6 Å². The van der Waals surface area contributed by atoms with Crippen molar-refractivity contribution >= 4 is 11.9 Å². The Kier molecular flexibility index (Phi) is 3.55. The van der Waals surface area contributed by atoms with E-state index in [9.17, 15) is 9.18 Å². The highest BCUT2D eigenvalue weighted by molar-refractivity contribution is 5.80. The number of carbonyl (C=O) groups is 1. The zero-order valence-corrected chi connectivity index (χ0v) is 11.6. The van der Waals surface area contributed by atoms with E-state index in [1.54, 1.807) is 24.0 Å². The van der Waals surface area contributed by atoms with E-state index in [1.807, 2.05) is 0 Å². The van der Waals surface area contributed by atoms with Gasteiger partial charge in [0.2, 0.25) is 11.8 Å². The van der Waals surface area contributed by atoms with E-state index in [2.05, 4.69) is 15.5 Å². The summed E-state index contributed by atoms with van der Waals surface area (Å²) in [6.07, 6.45) is 1.05. The number of amides is 1. The van der Waals surface area contributed by atoms with Gasteiger partial charge in [-0.05, 0) is 31.0 Å². The third kappa shape index (κ3) is 2.86. The van der Waals surface area contributed by atoms with Crippen LogP contribution < -0.4 is 5.32 Å². The number of nitrogens with one attached hydrogen (secondary N) is 1. The van der Waals surface area contributed by atoms with E-state index in [4.69, 9.17) is 4.42 Å². The van der Waals surface area contributed by atoms with Crippen LogP contribution in [0.5, 0.6) is 0 Å². The first-order valence-corrected chi connectivity index (χ1v) is 6.75. The van der Waals surface area contributed by atoms with Crippen LogP contribution in [0.2, 0.25) is 0 Å². The number of hydrogen-bond donors (Lipinski definition) is 1. The van der Waals surface area contributed by atoms with E-state index in [0.717, 1.165) is 19.5 Å². The number of carbonyl (C=O) groups excluding carboxylic acids is 1. The number of halogens is 1. The van der Waals surface area contributed by atoms with Gasteiger partial charge in [0.25, 0.3) is 0 Å². The largest absolute Gasteiger partial charge is 0.403 e. The monoisotopic (exact) mass is 290 g/mol. The maximum absolute atomic E-state index is 13.5. The second-order valence-corrected chi connectivity index (χ2v) is 4.96. The van der Waals surface area contributed by atoms with Crippen molar-refractivity contribution < 1.29 is 13.6 Å². The van der Waals surface area contributed by atoms with E-state index < -0.39 is 0 Å². The number of likely N-dealkylation sites (tertiary alicyclic amines) is 1. The first kappa shape index (κ1) is 13.5. The van der Waals surface area contributed by atoms with Gasteiger partial charge in [-0.15, -0.1) is 5.10 Å². The summed E-state index contributed by atoms with van der Waals surface area (Å²) < 4.78 is 18.9. The normalized spacial score (nSPS) is 13.9. The summed E-state index contributed by atoms with van der Waals surface area (Å²) in [6, 6.07) is 4.86. The lowest BCUT2D eigenvalue weighted by Crippen LogP contribution is -2.44. The third-order valence-electron chi connectivity index (χ3n) is 3.44. The predicted molar refractivity (Wildman–Crippen MR) is 74.1 cm³/mol. The first-order chi connectivity index (χ1) is 10.1. The Labute approximate surface area is 121 Å². The fraction of sp³-hybridized carbons (Fsp3) is 0.357. The summed E-state index contributed by atoms with van der Waals surface area (Å²) in [4.78, 5) is 13.4. The van der Waals surface area contributed by atoms with Crippen molar-refractivity contribution in [1.82, 2.24) is 15.1 Å². The smallest absolute Gasteiger partial charge is 0.316 e. The van der Waals surface area contributed by atoms with E-state index >= 15 is 0 Å². The molecule has 1 N–H and O–H groups in total. The Bertz CT molecular complexity index is 667. The van der Waals surface area contributed by atoms with Crippen molar-refractivity contribution in [1.29, 1.82) is 0 Å². The Morgan fingerprint density at radius 1 is 1.43 bits per heavy atom. The molecular formula is C14H15FN4O2. The molecule has 1 aliphatic rings. The van der Waals surface area contributed by atoms with Crippen LogP contribution in [0.4, 0.5) is 10.4 Å². The highest BCUT2D eigenvalue weighted by Crippen LogP contribution is 2.22. The highest BCUT2D eigenvalue weighted by Gasteiger charge is 2.20. The van der Waals surface area contributed by atoms with Crippen molar-refractivity contribution in [2.75, 3.05) is 25.0 Å². The standard InChI is InChI=1S/C14H15FN4O2/c1-9-3-4-10(7-11(9)15)13-17-18-14(21-13)16-8-12(20)19-5-2-6-19/h3-4,7H,2,5-6,8H2,1H3,(H,16,18). The Balaban J connectivity index is 1.65. The number of nitrogens with zero attached hydrogens (tertiary/aromatic N) is 3. The molecule has 110 valence electrons. The molecule has 1 saturated heterocycles. The summed E-state index contributed by atoms with van der Waals surface area (Å²) >= 11 is 0. The average molecular weight is 290 g/mol. The van der Waals surface area contributed by atoms with Crippen LogP contribution >= 0.6 is 0 Å². The van der Waals surface area contributed by atoms with Gasteiger partial charge < -0.3 is 14.6 Å². The Hall–Kier alpha value is -2.44. The average Bonchev–Trinajstić information content (AvgIpc) is 2.86. The van der Waals surface area contributed by atoms with Gasteiger partial charge in [-0.25, -0.2) is 4.39 Å². The van der Waals surface area contributed by atoms with Gasteiger partial charge in [0.15, 0.2) is 0 Å². The zero-order valence-electron chi connectivity index (χ0n) is 11.6. The summed E-state index contributed by atoms with van der Waals surface area (Å²) in [5, 5.41) is 10.4. The van der Waals surface area contributed by atoms with Gasteiger partial charge in [-0.3, -0.25) is 4.79 Å². The van der Waals surface area contributed by atoms with Gasteiger partial charge in [0.1, 0.15) is 5.82 Å². The van der Waals surface area contributed by atoms with Crippen LogP contribution in [0.3, 0.4) is 0 Å². The first-order valence-electron chi connectivity index (χ1n) is 6.75. The SMILES string of the molecule is Cc1ccc(-c2nnc(NCC(=O)N3CCC3)o2)cc1F. The summed E-state index contributed by atoms with van der Waals surface area (Å²) in [5.41, 5.74) is 1.06. The molecule has 0 saturated carbocycles. The molecule has 7 heteroatoms. The van der Waals surface area contributed by atoms with Crippen LogP contribution in [0.25, 0.3) is 11.5 Å².